The van der Waals surface area contributed by atoms with E-state index in [0.29, 0.717) is 12.2 Å². The van der Waals surface area contributed by atoms with Crippen LogP contribution >= 0.6 is 15.9 Å². The van der Waals surface area contributed by atoms with Crippen LogP contribution < -0.4 is 10.1 Å². The van der Waals surface area contributed by atoms with Crippen molar-refractivity contribution in [2.24, 2.45) is 0 Å². The van der Waals surface area contributed by atoms with Crippen LogP contribution in [-0.2, 0) is 6.61 Å². The third kappa shape index (κ3) is 4.46. The van der Waals surface area contributed by atoms with E-state index in [1.54, 1.807) is 24.3 Å². The molecule has 0 spiro atoms. The van der Waals surface area contributed by atoms with Gasteiger partial charge < -0.3 is 10.1 Å². The standard InChI is InChI=1S/C20H16BrNO2/c21-17-7-4-8-18(13-17)22-20(23)16-9-11-19(12-10-16)24-14-15-5-2-1-3-6-15/h1-13H,14H2,(H,22,23). The summed E-state index contributed by atoms with van der Waals surface area (Å²) in [6, 6.07) is 24.6. The molecule has 0 saturated carbocycles. The van der Waals surface area contributed by atoms with E-state index in [2.05, 4.69) is 21.2 Å². The molecule has 1 N–H and O–H groups in total. The molecule has 120 valence electrons. The van der Waals surface area contributed by atoms with Crippen molar-refractivity contribution in [3.05, 3.63) is 94.5 Å². The molecule has 4 heteroatoms. The van der Waals surface area contributed by atoms with Crippen molar-refractivity contribution in [3.8, 4) is 5.75 Å². The largest absolute Gasteiger partial charge is 0.489 e. The first-order valence-electron chi connectivity index (χ1n) is 7.54. The number of carbonyl (C=O) groups excluding carboxylic acids is 1. The number of carbonyl (C=O) groups is 1. The molecule has 0 aliphatic rings. The molecule has 0 fully saturated rings. The molecule has 3 aromatic carbocycles. The SMILES string of the molecule is O=C(Nc1cccc(Br)c1)c1ccc(OCc2ccccc2)cc1. The number of amides is 1. The van der Waals surface area contributed by atoms with Gasteiger partial charge in [0.25, 0.3) is 5.91 Å². The maximum Gasteiger partial charge on any atom is 0.255 e. The summed E-state index contributed by atoms with van der Waals surface area (Å²) >= 11 is 3.39. The smallest absolute Gasteiger partial charge is 0.255 e. The number of hydrogen-bond donors (Lipinski definition) is 1. The van der Waals surface area contributed by atoms with Gasteiger partial charge in [0.2, 0.25) is 0 Å². The highest BCUT2D eigenvalue weighted by Gasteiger charge is 2.06. The first kappa shape index (κ1) is 16.3. The summed E-state index contributed by atoms with van der Waals surface area (Å²) in [6.07, 6.45) is 0. The molecule has 0 aliphatic heterocycles. The van der Waals surface area contributed by atoms with Crippen molar-refractivity contribution in [1.82, 2.24) is 0 Å². The summed E-state index contributed by atoms with van der Waals surface area (Å²) in [7, 11) is 0. The van der Waals surface area contributed by atoms with E-state index in [1.165, 1.54) is 0 Å². The fraction of sp³-hybridized carbons (Fsp3) is 0.0500. The molecule has 24 heavy (non-hydrogen) atoms. The summed E-state index contributed by atoms with van der Waals surface area (Å²) in [5.74, 6) is 0.584. The third-order valence-corrected chi connectivity index (χ3v) is 3.94. The average molecular weight is 382 g/mol. The third-order valence-electron chi connectivity index (χ3n) is 3.45. The lowest BCUT2D eigenvalue weighted by Gasteiger charge is -2.08. The summed E-state index contributed by atoms with van der Waals surface area (Å²) in [6.45, 7) is 0.504. The quantitative estimate of drug-likeness (QED) is 0.652. The number of rotatable bonds is 5. The summed E-state index contributed by atoms with van der Waals surface area (Å²) in [4.78, 5) is 12.2. The van der Waals surface area contributed by atoms with Crippen LogP contribution in [-0.4, -0.2) is 5.91 Å². The fourth-order valence-electron chi connectivity index (χ4n) is 2.21. The van der Waals surface area contributed by atoms with Crippen molar-refractivity contribution in [3.63, 3.8) is 0 Å². The number of benzene rings is 3. The topological polar surface area (TPSA) is 38.3 Å². The number of ether oxygens (including phenoxy) is 1. The van der Waals surface area contributed by atoms with Crippen LogP contribution in [0.1, 0.15) is 15.9 Å². The molecular formula is C20H16BrNO2. The minimum absolute atomic E-state index is 0.150. The lowest BCUT2D eigenvalue weighted by molar-refractivity contribution is 0.102. The Bertz CT molecular complexity index is 817. The van der Waals surface area contributed by atoms with Crippen LogP contribution in [0.2, 0.25) is 0 Å². The molecule has 0 unspecified atom stereocenters. The highest BCUT2D eigenvalue weighted by atomic mass is 79.9. The van der Waals surface area contributed by atoms with Crippen molar-refractivity contribution in [2.45, 2.75) is 6.61 Å². The van der Waals surface area contributed by atoms with Crippen LogP contribution in [0.15, 0.2) is 83.3 Å². The molecule has 3 nitrogen and oxygen atoms in total. The van der Waals surface area contributed by atoms with E-state index in [0.717, 1.165) is 21.5 Å². The summed E-state index contributed by atoms with van der Waals surface area (Å²) < 4.78 is 6.64. The second kappa shape index (κ2) is 7.79. The molecule has 3 aromatic rings. The monoisotopic (exact) mass is 381 g/mol. The molecule has 0 saturated heterocycles. The highest BCUT2D eigenvalue weighted by molar-refractivity contribution is 9.10. The van der Waals surface area contributed by atoms with Gasteiger partial charge in [-0.25, -0.2) is 0 Å². The zero-order valence-corrected chi connectivity index (χ0v) is 14.5. The van der Waals surface area contributed by atoms with Crippen molar-refractivity contribution in [1.29, 1.82) is 0 Å². The minimum Gasteiger partial charge on any atom is -0.489 e. The van der Waals surface area contributed by atoms with Gasteiger partial charge in [-0.05, 0) is 48.0 Å². The summed E-state index contributed by atoms with van der Waals surface area (Å²) in [5.41, 5.74) is 2.44. The van der Waals surface area contributed by atoms with Crippen LogP contribution in [0.25, 0.3) is 0 Å². The summed E-state index contributed by atoms with van der Waals surface area (Å²) in [5, 5.41) is 2.87. The molecular weight excluding hydrogens is 366 g/mol. The predicted octanol–water partition coefficient (Wildman–Crippen LogP) is 5.28. The highest BCUT2D eigenvalue weighted by Crippen LogP contribution is 2.18. The van der Waals surface area contributed by atoms with Gasteiger partial charge in [-0.2, -0.15) is 0 Å². The zero-order valence-electron chi connectivity index (χ0n) is 12.9. The Labute approximate surface area is 149 Å². The van der Waals surface area contributed by atoms with Gasteiger partial charge in [-0.15, -0.1) is 0 Å². The number of nitrogens with one attached hydrogen (secondary N) is 1. The lowest BCUT2D eigenvalue weighted by Crippen LogP contribution is -2.11. The first-order valence-corrected chi connectivity index (χ1v) is 8.34. The second-order valence-electron chi connectivity index (χ2n) is 5.26. The van der Waals surface area contributed by atoms with Gasteiger partial charge >= 0.3 is 0 Å². The van der Waals surface area contributed by atoms with Crippen molar-refractivity contribution < 1.29 is 9.53 Å². The minimum atomic E-state index is -0.150. The Morgan fingerprint density at radius 2 is 1.67 bits per heavy atom. The van der Waals surface area contributed by atoms with Crippen molar-refractivity contribution in [2.75, 3.05) is 5.32 Å². The van der Waals surface area contributed by atoms with Crippen LogP contribution in [0, 0.1) is 0 Å². The number of halogens is 1. The number of anilines is 1. The zero-order chi connectivity index (χ0) is 16.8. The molecule has 3 rings (SSSR count). The van der Waals surface area contributed by atoms with E-state index < -0.39 is 0 Å². The molecule has 0 heterocycles. The Morgan fingerprint density at radius 3 is 2.38 bits per heavy atom. The molecule has 0 radical (unpaired) electrons. The molecule has 0 bridgehead atoms. The predicted molar refractivity (Wildman–Crippen MR) is 99.3 cm³/mol. The van der Waals surface area contributed by atoms with E-state index in [4.69, 9.17) is 4.74 Å². The van der Waals surface area contributed by atoms with Crippen molar-refractivity contribution >= 4 is 27.5 Å². The molecule has 0 aliphatic carbocycles. The first-order chi connectivity index (χ1) is 11.7. The molecule has 0 aromatic heterocycles. The Morgan fingerprint density at radius 1 is 0.917 bits per heavy atom. The van der Waals surface area contributed by atoms with Gasteiger partial charge in [-0.3, -0.25) is 4.79 Å². The fourth-order valence-corrected chi connectivity index (χ4v) is 2.61. The second-order valence-corrected chi connectivity index (χ2v) is 6.18. The van der Waals surface area contributed by atoms with E-state index >= 15 is 0 Å². The van der Waals surface area contributed by atoms with Gasteiger partial charge in [0.15, 0.2) is 0 Å². The normalized spacial score (nSPS) is 10.2. The van der Waals surface area contributed by atoms with Crippen LogP contribution in [0.5, 0.6) is 5.75 Å². The van der Waals surface area contributed by atoms with Gasteiger partial charge in [0, 0.05) is 15.7 Å². The number of hydrogen-bond acceptors (Lipinski definition) is 2. The Balaban J connectivity index is 1.60. The van der Waals surface area contributed by atoms with E-state index in [1.807, 2.05) is 54.6 Å². The van der Waals surface area contributed by atoms with Crippen LogP contribution in [0.4, 0.5) is 5.69 Å². The van der Waals surface area contributed by atoms with Gasteiger partial charge in [0.05, 0.1) is 0 Å². The average Bonchev–Trinajstić information content (AvgIpc) is 2.61. The Kier molecular flexibility index (Phi) is 5.29. The lowest BCUT2D eigenvalue weighted by atomic mass is 10.2. The van der Waals surface area contributed by atoms with Gasteiger partial charge in [-0.1, -0.05) is 52.3 Å². The molecule has 0 atom stereocenters. The molecule has 1 amide bonds. The maximum atomic E-state index is 12.2. The van der Waals surface area contributed by atoms with Crippen LogP contribution in [0.3, 0.4) is 0 Å². The maximum absolute atomic E-state index is 12.2. The van der Waals surface area contributed by atoms with Gasteiger partial charge in [0.1, 0.15) is 12.4 Å². The van der Waals surface area contributed by atoms with E-state index in [-0.39, 0.29) is 5.91 Å². The Hall–Kier alpha value is -2.59. The van der Waals surface area contributed by atoms with E-state index in [9.17, 15) is 4.79 Å².